The fourth-order valence-electron chi connectivity index (χ4n) is 1.95. The van der Waals surface area contributed by atoms with E-state index < -0.39 is 4.92 Å². The number of ether oxygens (including phenoxy) is 2. The highest BCUT2D eigenvalue weighted by Crippen LogP contribution is 2.30. The highest BCUT2D eigenvalue weighted by molar-refractivity contribution is 5.95. The van der Waals surface area contributed by atoms with Crippen LogP contribution in [0.15, 0.2) is 18.2 Å². The van der Waals surface area contributed by atoms with Crippen molar-refractivity contribution < 1.29 is 19.2 Å². The number of benzene rings is 1. The third-order valence-corrected chi connectivity index (χ3v) is 3.02. The molecule has 6 heteroatoms. The topological polar surface area (TPSA) is 78.7 Å². The van der Waals surface area contributed by atoms with Gasteiger partial charge in [-0.3, -0.25) is 14.9 Å². The molecule has 1 aliphatic rings. The van der Waals surface area contributed by atoms with E-state index in [0.717, 1.165) is 0 Å². The average Bonchev–Trinajstić information content (AvgIpc) is 2.39. The van der Waals surface area contributed by atoms with Gasteiger partial charge in [0.15, 0.2) is 11.5 Å². The average molecular weight is 265 g/mol. The number of hydrogen-bond acceptors (Lipinski definition) is 5. The van der Waals surface area contributed by atoms with Crippen LogP contribution in [0.2, 0.25) is 0 Å². The van der Waals surface area contributed by atoms with Gasteiger partial charge >= 0.3 is 5.69 Å². The van der Waals surface area contributed by atoms with Crippen LogP contribution in [0.3, 0.4) is 0 Å². The van der Waals surface area contributed by atoms with Crippen molar-refractivity contribution in [1.82, 2.24) is 0 Å². The highest BCUT2D eigenvalue weighted by atomic mass is 16.6. The molecule has 6 nitrogen and oxygen atoms in total. The summed E-state index contributed by atoms with van der Waals surface area (Å²) in [4.78, 5) is 21.7. The summed E-state index contributed by atoms with van der Waals surface area (Å²) in [6.07, 6.45) is 1.35. The van der Waals surface area contributed by atoms with Crippen molar-refractivity contribution in [2.75, 3.05) is 13.2 Å². The Kier molecular flexibility index (Phi) is 4.11. The van der Waals surface area contributed by atoms with Gasteiger partial charge in [0.2, 0.25) is 0 Å². The first kappa shape index (κ1) is 13.5. The molecule has 1 saturated heterocycles. The lowest BCUT2D eigenvalue weighted by atomic mass is 10.1. The van der Waals surface area contributed by atoms with Crippen molar-refractivity contribution in [3.8, 4) is 5.75 Å². The van der Waals surface area contributed by atoms with E-state index in [1.807, 2.05) is 0 Å². The third kappa shape index (κ3) is 3.29. The zero-order valence-corrected chi connectivity index (χ0v) is 10.6. The number of hydrogen-bond donors (Lipinski definition) is 0. The Bertz CT molecular complexity index is 494. The Labute approximate surface area is 110 Å². The van der Waals surface area contributed by atoms with Crippen molar-refractivity contribution in [2.24, 2.45) is 0 Å². The van der Waals surface area contributed by atoms with Crippen molar-refractivity contribution in [3.05, 3.63) is 33.9 Å². The van der Waals surface area contributed by atoms with E-state index in [1.165, 1.54) is 19.1 Å². The largest absolute Gasteiger partial charge is 0.483 e. The molecule has 19 heavy (non-hydrogen) atoms. The molecule has 0 N–H and O–H groups in total. The molecule has 1 aromatic rings. The molecule has 0 aliphatic carbocycles. The fraction of sp³-hybridized carbons (Fsp3) is 0.462. The molecule has 1 aliphatic heterocycles. The number of carbonyl (C=O) groups excluding carboxylic acids is 1. The van der Waals surface area contributed by atoms with E-state index in [9.17, 15) is 14.9 Å². The Hall–Kier alpha value is -1.95. The molecule has 1 heterocycles. The van der Waals surface area contributed by atoms with Gasteiger partial charge < -0.3 is 9.47 Å². The zero-order chi connectivity index (χ0) is 13.8. The second-order valence-electron chi connectivity index (χ2n) is 4.43. The quantitative estimate of drug-likeness (QED) is 0.474. The summed E-state index contributed by atoms with van der Waals surface area (Å²) in [5, 5.41) is 11.0. The van der Waals surface area contributed by atoms with Crippen LogP contribution in [0.25, 0.3) is 0 Å². The van der Waals surface area contributed by atoms with E-state index in [1.54, 1.807) is 6.07 Å². The first-order chi connectivity index (χ1) is 9.08. The number of nitro groups is 1. The van der Waals surface area contributed by atoms with E-state index in [0.29, 0.717) is 31.6 Å². The molecule has 0 bridgehead atoms. The number of ketones is 1. The second kappa shape index (κ2) is 5.79. The maximum absolute atomic E-state index is 11.2. The Morgan fingerprint density at radius 1 is 1.42 bits per heavy atom. The van der Waals surface area contributed by atoms with Gasteiger partial charge in [-0.2, -0.15) is 0 Å². The molecule has 102 valence electrons. The molecular weight excluding hydrogens is 250 g/mol. The van der Waals surface area contributed by atoms with Gasteiger partial charge in [0.1, 0.15) is 6.10 Å². The third-order valence-electron chi connectivity index (χ3n) is 3.02. The van der Waals surface area contributed by atoms with Crippen molar-refractivity contribution in [3.63, 3.8) is 0 Å². The minimum absolute atomic E-state index is 0.0735. The smallest absolute Gasteiger partial charge is 0.311 e. The summed E-state index contributed by atoms with van der Waals surface area (Å²) in [6, 6.07) is 4.30. The van der Waals surface area contributed by atoms with Crippen LogP contribution >= 0.6 is 0 Å². The van der Waals surface area contributed by atoms with Gasteiger partial charge in [-0.25, -0.2) is 0 Å². The molecule has 0 radical (unpaired) electrons. The Balaban J connectivity index is 2.23. The summed E-state index contributed by atoms with van der Waals surface area (Å²) in [5.74, 6) is 0.00242. The molecule has 0 atom stereocenters. The molecule has 2 rings (SSSR count). The molecule has 1 aromatic carbocycles. The van der Waals surface area contributed by atoms with Crippen molar-refractivity contribution in [2.45, 2.75) is 25.9 Å². The maximum Gasteiger partial charge on any atom is 0.311 e. The van der Waals surface area contributed by atoms with Crippen LogP contribution in [0, 0.1) is 10.1 Å². The van der Waals surface area contributed by atoms with Crippen LogP contribution in [-0.2, 0) is 4.74 Å². The van der Waals surface area contributed by atoms with Gasteiger partial charge in [-0.15, -0.1) is 0 Å². The Morgan fingerprint density at radius 3 is 2.68 bits per heavy atom. The molecule has 0 amide bonds. The van der Waals surface area contributed by atoms with Gasteiger partial charge in [0, 0.05) is 24.5 Å². The minimum atomic E-state index is -0.527. The first-order valence-corrected chi connectivity index (χ1v) is 6.11. The summed E-state index contributed by atoms with van der Waals surface area (Å²) in [7, 11) is 0. The SMILES string of the molecule is CC(=O)c1ccc(OC2CCOCC2)c([N+](=O)[O-])c1. The molecule has 0 saturated carbocycles. The fourth-order valence-corrected chi connectivity index (χ4v) is 1.95. The molecule has 0 spiro atoms. The predicted molar refractivity (Wildman–Crippen MR) is 67.6 cm³/mol. The second-order valence-corrected chi connectivity index (χ2v) is 4.43. The van der Waals surface area contributed by atoms with Crippen LogP contribution in [0.5, 0.6) is 5.75 Å². The number of Topliss-reactive ketones (excluding diaryl/α,β-unsaturated/α-hetero) is 1. The van der Waals surface area contributed by atoms with Crippen LogP contribution in [-0.4, -0.2) is 30.0 Å². The summed E-state index contributed by atoms with van der Waals surface area (Å²) < 4.78 is 10.9. The van der Waals surface area contributed by atoms with Gasteiger partial charge in [0.05, 0.1) is 18.1 Å². The normalized spacial score (nSPS) is 16.1. The monoisotopic (exact) mass is 265 g/mol. The molecule has 0 aromatic heterocycles. The number of carbonyl (C=O) groups is 1. The standard InChI is InChI=1S/C13H15NO5/c1-9(15)10-2-3-13(12(8-10)14(16)17)19-11-4-6-18-7-5-11/h2-3,8,11H,4-7H2,1H3. The lowest BCUT2D eigenvalue weighted by Gasteiger charge is -2.23. The van der Waals surface area contributed by atoms with E-state index in [-0.39, 0.29) is 23.3 Å². The molecule has 1 fully saturated rings. The van der Waals surface area contributed by atoms with Gasteiger partial charge in [0.25, 0.3) is 0 Å². The van der Waals surface area contributed by atoms with E-state index >= 15 is 0 Å². The predicted octanol–water partition coefficient (Wildman–Crippen LogP) is 2.36. The van der Waals surface area contributed by atoms with Crippen LogP contribution in [0.1, 0.15) is 30.1 Å². The van der Waals surface area contributed by atoms with Gasteiger partial charge in [-0.05, 0) is 19.1 Å². The first-order valence-electron chi connectivity index (χ1n) is 6.11. The van der Waals surface area contributed by atoms with E-state index in [4.69, 9.17) is 9.47 Å². The zero-order valence-electron chi connectivity index (χ0n) is 10.6. The molecule has 0 unspecified atom stereocenters. The lowest BCUT2D eigenvalue weighted by molar-refractivity contribution is -0.386. The summed E-state index contributed by atoms with van der Waals surface area (Å²) in [6.45, 7) is 2.58. The number of rotatable bonds is 4. The lowest BCUT2D eigenvalue weighted by Crippen LogP contribution is -2.26. The van der Waals surface area contributed by atoms with Crippen molar-refractivity contribution in [1.29, 1.82) is 0 Å². The number of nitrogens with zero attached hydrogens (tertiary/aromatic N) is 1. The van der Waals surface area contributed by atoms with Crippen LogP contribution in [0.4, 0.5) is 5.69 Å². The van der Waals surface area contributed by atoms with Gasteiger partial charge in [-0.1, -0.05) is 0 Å². The summed E-state index contributed by atoms with van der Waals surface area (Å²) in [5.41, 5.74) is 0.144. The Morgan fingerprint density at radius 2 is 2.11 bits per heavy atom. The summed E-state index contributed by atoms with van der Waals surface area (Å²) >= 11 is 0. The number of nitro benzene ring substituents is 1. The minimum Gasteiger partial charge on any atom is -0.483 e. The van der Waals surface area contributed by atoms with Crippen LogP contribution < -0.4 is 4.74 Å². The van der Waals surface area contributed by atoms with E-state index in [2.05, 4.69) is 0 Å². The maximum atomic E-state index is 11.2. The highest BCUT2D eigenvalue weighted by Gasteiger charge is 2.22. The van der Waals surface area contributed by atoms with Crippen molar-refractivity contribution >= 4 is 11.5 Å². The molecular formula is C13H15NO5.